The molecule has 1 saturated heterocycles. The Hall–Kier alpha value is -1.88. The van der Waals surface area contributed by atoms with Crippen LogP contribution in [0.4, 0.5) is 0 Å². The Kier molecular flexibility index (Phi) is 6.47. The number of nitrogens with one attached hydrogen (secondary N) is 1. The van der Waals surface area contributed by atoms with Crippen LogP contribution < -0.4 is 5.32 Å². The highest BCUT2D eigenvalue weighted by molar-refractivity contribution is 6.30. The van der Waals surface area contributed by atoms with Crippen LogP contribution >= 0.6 is 11.6 Å². The van der Waals surface area contributed by atoms with Gasteiger partial charge < -0.3 is 15.2 Å². The number of carbonyl (C=O) groups is 1. The summed E-state index contributed by atoms with van der Waals surface area (Å²) in [5.74, 6) is 0.0488. The van der Waals surface area contributed by atoms with E-state index in [1.807, 2.05) is 54.6 Å². The standard InChI is InChI=1S/C25H30ClNO3/c26-22-10-8-19(9-11-22)24(14-4-5-15-24)23(28)27-18-25(29,20-6-2-1-3-7-20)21-12-16-30-17-13-21/h1-3,6-11,21,29H,4-5,12-18H2,(H,27,28)/t25-/m1/s1. The van der Waals surface area contributed by atoms with Crippen molar-refractivity contribution in [1.82, 2.24) is 5.32 Å². The molecule has 1 saturated carbocycles. The van der Waals surface area contributed by atoms with E-state index in [4.69, 9.17) is 16.3 Å². The molecule has 2 aliphatic rings. The van der Waals surface area contributed by atoms with E-state index in [1.165, 1.54) is 0 Å². The normalized spacial score (nSPS) is 21.1. The SMILES string of the molecule is O=C(NC[C@@](O)(c1ccccc1)C1CCOCC1)C1(c2ccc(Cl)cc2)CCCC1. The van der Waals surface area contributed by atoms with Crippen LogP contribution in [0.2, 0.25) is 5.02 Å². The maximum Gasteiger partial charge on any atom is 0.230 e. The molecule has 160 valence electrons. The van der Waals surface area contributed by atoms with Crippen molar-refractivity contribution >= 4 is 17.5 Å². The molecule has 5 heteroatoms. The topological polar surface area (TPSA) is 58.6 Å². The molecule has 2 N–H and O–H groups in total. The summed E-state index contributed by atoms with van der Waals surface area (Å²) in [7, 11) is 0. The fourth-order valence-electron chi connectivity index (χ4n) is 5.16. The van der Waals surface area contributed by atoms with Gasteiger partial charge in [0.2, 0.25) is 5.91 Å². The van der Waals surface area contributed by atoms with E-state index in [0.29, 0.717) is 18.2 Å². The summed E-state index contributed by atoms with van der Waals surface area (Å²) in [6.45, 7) is 1.49. The minimum atomic E-state index is -1.11. The van der Waals surface area contributed by atoms with E-state index in [2.05, 4.69) is 5.32 Å². The van der Waals surface area contributed by atoms with Gasteiger partial charge >= 0.3 is 0 Å². The smallest absolute Gasteiger partial charge is 0.230 e. The molecule has 4 nitrogen and oxygen atoms in total. The molecule has 1 amide bonds. The van der Waals surface area contributed by atoms with Crippen LogP contribution in [0.3, 0.4) is 0 Å². The third-order valence-electron chi connectivity index (χ3n) is 6.98. The average molecular weight is 428 g/mol. The molecule has 2 fully saturated rings. The first-order chi connectivity index (χ1) is 14.5. The van der Waals surface area contributed by atoms with Gasteiger partial charge in [-0.25, -0.2) is 0 Å². The van der Waals surface area contributed by atoms with Crippen molar-refractivity contribution in [3.63, 3.8) is 0 Å². The quantitative estimate of drug-likeness (QED) is 0.709. The second-order valence-electron chi connectivity index (χ2n) is 8.66. The Bertz CT molecular complexity index is 842. The van der Waals surface area contributed by atoms with Crippen LogP contribution in [-0.4, -0.2) is 30.8 Å². The van der Waals surface area contributed by atoms with Crippen LogP contribution in [-0.2, 0) is 20.5 Å². The lowest BCUT2D eigenvalue weighted by molar-refractivity contribution is -0.129. The Labute approximate surface area is 183 Å². The minimum absolute atomic E-state index is 0.00346. The van der Waals surface area contributed by atoms with E-state index in [-0.39, 0.29) is 18.4 Å². The van der Waals surface area contributed by atoms with Crippen LogP contribution in [0.5, 0.6) is 0 Å². The van der Waals surface area contributed by atoms with Crippen LogP contribution in [0, 0.1) is 5.92 Å². The highest BCUT2D eigenvalue weighted by Crippen LogP contribution is 2.42. The van der Waals surface area contributed by atoms with Crippen molar-refractivity contribution in [2.24, 2.45) is 5.92 Å². The van der Waals surface area contributed by atoms with Gasteiger partial charge in [0.25, 0.3) is 0 Å². The molecule has 1 aliphatic carbocycles. The highest BCUT2D eigenvalue weighted by Gasteiger charge is 2.45. The minimum Gasteiger partial charge on any atom is -0.383 e. The van der Waals surface area contributed by atoms with E-state index in [1.54, 1.807) is 0 Å². The molecule has 4 rings (SSSR count). The fraction of sp³-hybridized carbons (Fsp3) is 0.480. The number of halogens is 1. The lowest BCUT2D eigenvalue weighted by atomic mass is 9.75. The Morgan fingerprint density at radius 2 is 1.70 bits per heavy atom. The number of benzene rings is 2. The summed E-state index contributed by atoms with van der Waals surface area (Å²) in [6.07, 6.45) is 5.26. The van der Waals surface area contributed by atoms with E-state index < -0.39 is 11.0 Å². The number of hydrogen-bond acceptors (Lipinski definition) is 3. The third kappa shape index (κ3) is 4.14. The lowest BCUT2D eigenvalue weighted by Crippen LogP contribution is -2.51. The van der Waals surface area contributed by atoms with Crippen molar-refractivity contribution in [2.45, 2.75) is 49.5 Å². The van der Waals surface area contributed by atoms with Gasteiger partial charge in [0.15, 0.2) is 0 Å². The molecule has 0 spiro atoms. The molecular weight excluding hydrogens is 398 g/mol. The third-order valence-corrected chi connectivity index (χ3v) is 7.23. The first-order valence-electron chi connectivity index (χ1n) is 10.9. The zero-order chi connectivity index (χ0) is 21.0. The van der Waals surface area contributed by atoms with E-state index in [0.717, 1.165) is 49.7 Å². The molecule has 1 heterocycles. The summed E-state index contributed by atoms with van der Waals surface area (Å²) in [6, 6.07) is 17.4. The molecule has 1 atom stereocenters. The monoisotopic (exact) mass is 427 g/mol. The van der Waals surface area contributed by atoms with Crippen molar-refractivity contribution in [1.29, 1.82) is 0 Å². The number of hydrogen-bond donors (Lipinski definition) is 2. The molecule has 30 heavy (non-hydrogen) atoms. The van der Waals surface area contributed by atoms with Crippen molar-refractivity contribution in [2.75, 3.05) is 19.8 Å². The van der Waals surface area contributed by atoms with Gasteiger partial charge in [-0.3, -0.25) is 4.79 Å². The number of aliphatic hydroxyl groups is 1. The van der Waals surface area contributed by atoms with Gasteiger partial charge in [0.05, 0.1) is 12.0 Å². The predicted molar refractivity (Wildman–Crippen MR) is 118 cm³/mol. The van der Waals surface area contributed by atoms with Gasteiger partial charge in [0.1, 0.15) is 5.60 Å². The molecular formula is C25H30ClNO3. The zero-order valence-corrected chi connectivity index (χ0v) is 18.0. The number of carbonyl (C=O) groups excluding carboxylic acids is 1. The molecule has 0 aromatic heterocycles. The molecule has 0 bridgehead atoms. The van der Waals surface area contributed by atoms with Crippen LogP contribution in [0.25, 0.3) is 0 Å². The Morgan fingerprint density at radius 3 is 2.33 bits per heavy atom. The number of amides is 1. The van der Waals surface area contributed by atoms with Crippen LogP contribution in [0.15, 0.2) is 54.6 Å². The summed E-state index contributed by atoms with van der Waals surface area (Å²) < 4.78 is 5.51. The second-order valence-corrected chi connectivity index (χ2v) is 9.09. The largest absolute Gasteiger partial charge is 0.383 e. The van der Waals surface area contributed by atoms with Gasteiger partial charge in [0, 0.05) is 18.2 Å². The van der Waals surface area contributed by atoms with Gasteiger partial charge in [-0.05, 0) is 54.9 Å². The summed E-state index contributed by atoms with van der Waals surface area (Å²) in [5, 5.41) is 15.6. The lowest BCUT2D eigenvalue weighted by Gasteiger charge is -2.40. The fourth-order valence-corrected chi connectivity index (χ4v) is 5.29. The zero-order valence-electron chi connectivity index (χ0n) is 17.3. The van der Waals surface area contributed by atoms with Crippen molar-refractivity contribution in [3.05, 3.63) is 70.7 Å². The summed E-state index contributed by atoms with van der Waals surface area (Å²) >= 11 is 6.07. The maximum absolute atomic E-state index is 13.5. The van der Waals surface area contributed by atoms with Gasteiger partial charge in [-0.1, -0.05) is 66.9 Å². The number of ether oxygens (including phenoxy) is 1. The van der Waals surface area contributed by atoms with E-state index in [9.17, 15) is 9.90 Å². The summed E-state index contributed by atoms with van der Waals surface area (Å²) in [4.78, 5) is 13.5. The Morgan fingerprint density at radius 1 is 1.07 bits per heavy atom. The molecule has 0 radical (unpaired) electrons. The first-order valence-corrected chi connectivity index (χ1v) is 11.3. The second kappa shape index (κ2) is 9.09. The number of rotatable bonds is 6. The molecule has 2 aromatic carbocycles. The predicted octanol–water partition coefficient (Wildman–Crippen LogP) is 4.58. The average Bonchev–Trinajstić information content (AvgIpc) is 3.30. The molecule has 1 aliphatic heterocycles. The Balaban J connectivity index is 1.58. The van der Waals surface area contributed by atoms with Gasteiger partial charge in [-0.15, -0.1) is 0 Å². The van der Waals surface area contributed by atoms with Crippen molar-refractivity contribution < 1.29 is 14.6 Å². The van der Waals surface area contributed by atoms with Crippen molar-refractivity contribution in [3.8, 4) is 0 Å². The summed E-state index contributed by atoms with van der Waals surface area (Å²) in [5.41, 5.74) is 0.207. The van der Waals surface area contributed by atoms with Crippen LogP contribution in [0.1, 0.15) is 49.7 Å². The van der Waals surface area contributed by atoms with E-state index >= 15 is 0 Å². The molecule has 0 unspecified atom stereocenters. The highest BCUT2D eigenvalue weighted by atomic mass is 35.5. The first kappa shape index (κ1) is 21.4. The van der Waals surface area contributed by atoms with Gasteiger partial charge in [-0.2, -0.15) is 0 Å². The maximum atomic E-state index is 13.5. The molecule has 2 aromatic rings.